The number of hydrogen-bond acceptors (Lipinski definition) is 18. The Morgan fingerprint density at radius 1 is 0.463 bits per heavy atom. The van der Waals surface area contributed by atoms with Gasteiger partial charge in [0.25, 0.3) is 11.4 Å². The third-order valence-electron chi connectivity index (χ3n) is 6.73. The van der Waals surface area contributed by atoms with Crippen molar-refractivity contribution in [3.05, 3.63) is 38.4 Å². The highest BCUT2D eigenvalue weighted by Gasteiger charge is 2.19. The van der Waals surface area contributed by atoms with Gasteiger partial charge in [0.1, 0.15) is 5.69 Å². The lowest BCUT2D eigenvalue weighted by Crippen LogP contribution is -2.19. The molecule has 0 aliphatic heterocycles. The molecule has 0 aliphatic rings. The van der Waals surface area contributed by atoms with Gasteiger partial charge >= 0.3 is 0 Å². The summed E-state index contributed by atoms with van der Waals surface area (Å²) in [7, 11) is 4.02. The van der Waals surface area contributed by atoms with E-state index in [1.807, 2.05) is 14.1 Å². The van der Waals surface area contributed by atoms with Crippen LogP contribution in [0.4, 0.5) is 17.1 Å². The van der Waals surface area contributed by atoms with Gasteiger partial charge in [-0.3, -0.25) is 20.2 Å². The zero-order valence-electron chi connectivity index (χ0n) is 32.0. The van der Waals surface area contributed by atoms with Crippen molar-refractivity contribution in [3.63, 3.8) is 0 Å². The standard InChI is InChI=1S/C34H62N4O16/c1-36(2)6-8-44-10-12-46-14-16-48-18-20-50-22-24-52-26-28-54-30-29-53-27-25-51-23-21-49-19-17-47-15-13-45-11-9-43-7-5-35-33-4-3-32(37(39)40)31-34(33)38(41)42/h3-4,31,35H,5-30H2,1-2H3. The predicted octanol–water partition coefficient (Wildman–Crippen LogP) is 1.68. The largest absolute Gasteiger partial charge is 0.378 e. The summed E-state index contributed by atoms with van der Waals surface area (Å²) in [5.74, 6) is 0. The molecule has 0 aliphatic carbocycles. The van der Waals surface area contributed by atoms with E-state index in [1.54, 1.807) is 0 Å². The monoisotopic (exact) mass is 782 g/mol. The lowest BCUT2D eigenvalue weighted by Gasteiger charge is -2.10. The molecule has 0 heterocycles. The minimum Gasteiger partial charge on any atom is -0.378 e. The number of ether oxygens (including phenoxy) is 12. The number of non-ortho nitro benzene ring substituents is 1. The molecule has 20 nitrogen and oxygen atoms in total. The van der Waals surface area contributed by atoms with Crippen molar-refractivity contribution >= 4 is 17.1 Å². The molecule has 1 aromatic carbocycles. The number of nitro groups is 2. The third kappa shape index (κ3) is 31.6. The Bertz CT molecular complexity index is 1030. The van der Waals surface area contributed by atoms with Crippen molar-refractivity contribution in [2.24, 2.45) is 0 Å². The Hall–Kier alpha value is -2.70. The molecule has 1 aromatic rings. The molecule has 0 spiro atoms. The molecule has 1 N–H and O–H groups in total. The van der Waals surface area contributed by atoms with Crippen LogP contribution in [0.5, 0.6) is 0 Å². The number of hydrogen-bond donors (Lipinski definition) is 1. The zero-order chi connectivity index (χ0) is 39.2. The molecule has 0 atom stereocenters. The summed E-state index contributed by atoms with van der Waals surface area (Å²) in [5, 5.41) is 24.8. The molecule has 0 fully saturated rings. The second kappa shape index (κ2) is 37.2. The number of nitrogens with zero attached hydrogens (tertiary/aromatic N) is 3. The van der Waals surface area contributed by atoms with Crippen LogP contribution in [0.2, 0.25) is 0 Å². The van der Waals surface area contributed by atoms with E-state index in [4.69, 9.17) is 56.8 Å². The Kier molecular flexibility index (Phi) is 34.0. The van der Waals surface area contributed by atoms with E-state index in [0.29, 0.717) is 152 Å². The van der Waals surface area contributed by atoms with E-state index in [1.165, 1.54) is 12.1 Å². The fraction of sp³-hybridized carbons (Fsp3) is 0.824. The van der Waals surface area contributed by atoms with Crippen molar-refractivity contribution in [3.8, 4) is 0 Å². The summed E-state index contributed by atoms with van der Waals surface area (Å²) in [6.07, 6.45) is 0. The molecule has 0 radical (unpaired) electrons. The highest BCUT2D eigenvalue weighted by molar-refractivity contribution is 5.65. The van der Waals surface area contributed by atoms with Crippen LogP contribution in [0.15, 0.2) is 18.2 Å². The maximum absolute atomic E-state index is 11.2. The number of nitro benzene ring substituents is 2. The molecular formula is C34H62N4O16. The molecular weight excluding hydrogens is 720 g/mol. The second-order valence-corrected chi connectivity index (χ2v) is 11.3. The fourth-order valence-corrected chi connectivity index (χ4v) is 3.96. The molecule has 0 saturated carbocycles. The van der Waals surface area contributed by atoms with Crippen LogP contribution in [0.25, 0.3) is 0 Å². The van der Waals surface area contributed by atoms with Crippen molar-refractivity contribution in [2.75, 3.05) is 191 Å². The van der Waals surface area contributed by atoms with Crippen LogP contribution in [-0.4, -0.2) is 200 Å². The molecule has 0 unspecified atom stereocenters. The van der Waals surface area contributed by atoms with E-state index in [-0.39, 0.29) is 30.2 Å². The van der Waals surface area contributed by atoms with Gasteiger partial charge < -0.3 is 67.1 Å². The lowest BCUT2D eigenvalue weighted by atomic mass is 10.2. The topological polar surface area (TPSA) is 212 Å². The Labute approximate surface area is 318 Å². The van der Waals surface area contributed by atoms with E-state index in [0.717, 1.165) is 12.6 Å². The number of nitrogens with one attached hydrogen (secondary N) is 1. The van der Waals surface area contributed by atoms with Crippen LogP contribution in [0.1, 0.15) is 0 Å². The average molecular weight is 783 g/mol. The first-order valence-corrected chi connectivity index (χ1v) is 18.2. The van der Waals surface area contributed by atoms with Gasteiger partial charge in [-0.1, -0.05) is 0 Å². The van der Waals surface area contributed by atoms with Gasteiger partial charge in [0, 0.05) is 19.2 Å². The normalized spacial score (nSPS) is 11.5. The van der Waals surface area contributed by atoms with Gasteiger partial charge in [-0.05, 0) is 20.2 Å². The summed E-state index contributed by atoms with van der Waals surface area (Å²) in [6.45, 7) is 12.6. The first-order valence-electron chi connectivity index (χ1n) is 18.2. The molecule has 1 rings (SSSR count). The SMILES string of the molecule is CN(C)CCOCCOCCOCCOCCOCCOCCOCCOCCOCCOCCOCCOCCNc1ccc([N+](=O)[O-])cc1[N+](=O)[O-]. The van der Waals surface area contributed by atoms with Gasteiger partial charge in [0.15, 0.2) is 0 Å². The van der Waals surface area contributed by atoms with Crippen LogP contribution in [0, 0.1) is 20.2 Å². The Morgan fingerprint density at radius 2 is 0.759 bits per heavy atom. The molecule has 314 valence electrons. The van der Waals surface area contributed by atoms with Crippen molar-refractivity contribution < 1.29 is 66.7 Å². The summed E-state index contributed by atoms with van der Waals surface area (Å²) >= 11 is 0. The van der Waals surface area contributed by atoms with Crippen LogP contribution in [0.3, 0.4) is 0 Å². The molecule has 0 aromatic heterocycles. The van der Waals surface area contributed by atoms with E-state index < -0.39 is 9.85 Å². The highest BCUT2D eigenvalue weighted by atomic mass is 16.6. The smallest absolute Gasteiger partial charge is 0.299 e. The van der Waals surface area contributed by atoms with E-state index >= 15 is 0 Å². The zero-order valence-corrected chi connectivity index (χ0v) is 32.0. The van der Waals surface area contributed by atoms with Gasteiger partial charge in [-0.25, -0.2) is 0 Å². The summed E-state index contributed by atoms with van der Waals surface area (Å²) < 4.78 is 65.5. The van der Waals surface area contributed by atoms with Gasteiger partial charge in [0.05, 0.1) is 174 Å². The lowest BCUT2D eigenvalue weighted by molar-refractivity contribution is -0.393. The molecule has 0 amide bonds. The first kappa shape index (κ1) is 49.3. The van der Waals surface area contributed by atoms with E-state index in [9.17, 15) is 20.2 Å². The summed E-state index contributed by atoms with van der Waals surface area (Å²) in [5.41, 5.74) is -0.528. The Balaban J connectivity index is 1.69. The molecule has 0 saturated heterocycles. The highest BCUT2D eigenvalue weighted by Crippen LogP contribution is 2.28. The maximum atomic E-state index is 11.2. The van der Waals surface area contributed by atoms with Gasteiger partial charge in [-0.2, -0.15) is 0 Å². The molecule has 54 heavy (non-hydrogen) atoms. The van der Waals surface area contributed by atoms with Gasteiger partial charge in [0.2, 0.25) is 0 Å². The minimum absolute atomic E-state index is 0.185. The predicted molar refractivity (Wildman–Crippen MR) is 197 cm³/mol. The molecule has 20 heteroatoms. The third-order valence-corrected chi connectivity index (χ3v) is 6.73. The molecule has 0 bridgehead atoms. The number of benzene rings is 1. The van der Waals surface area contributed by atoms with Crippen LogP contribution in [-0.2, 0) is 56.8 Å². The maximum Gasteiger partial charge on any atom is 0.299 e. The summed E-state index contributed by atoms with van der Waals surface area (Å²) in [6, 6.07) is 3.43. The van der Waals surface area contributed by atoms with Crippen molar-refractivity contribution in [1.29, 1.82) is 0 Å². The van der Waals surface area contributed by atoms with Crippen molar-refractivity contribution in [1.82, 2.24) is 4.90 Å². The minimum atomic E-state index is -0.681. The van der Waals surface area contributed by atoms with Crippen LogP contribution < -0.4 is 5.32 Å². The average Bonchev–Trinajstić information content (AvgIpc) is 3.15. The second-order valence-electron chi connectivity index (χ2n) is 11.3. The number of likely N-dealkylation sites (N-methyl/N-ethyl adjacent to an activating group) is 1. The summed E-state index contributed by atoms with van der Waals surface area (Å²) in [4.78, 5) is 22.7. The van der Waals surface area contributed by atoms with E-state index in [2.05, 4.69) is 10.2 Å². The fourth-order valence-electron chi connectivity index (χ4n) is 3.96. The number of rotatable bonds is 42. The quantitative estimate of drug-likeness (QED) is 0.0568. The van der Waals surface area contributed by atoms with Crippen molar-refractivity contribution in [2.45, 2.75) is 0 Å². The first-order chi connectivity index (χ1) is 26.4. The van der Waals surface area contributed by atoms with Gasteiger partial charge in [-0.15, -0.1) is 0 Å². The Morgan fingerprint density at radius 3 is 1.04 bits per heavy atom. The number of anilines is 1. The van der Waals surface area contributed by atoms with Crippen LogP contribution >= 0.6 is 0 Å².